The fourth-order valence-corrected chi connectivity index (χ4v) is 5.40. The summed E-state index contributed by atoms with van der Waals surface area (Å²) in [6.45, 7) is 7.01. The largest absolute Gasteiger partial charge is 0.497 e. The third-order valence-corrected chi connectivity index (χ3v) is 7.64. The predicted molar refractivity (Wildman–Crippen MR) is 152 cm³/mol. The van der Waals surface area contributed by atoms with Crippen molar-refractivity contribution in [3.63, 3.8) is 0 Å². The van der Waals surface area contributed by atoms with Crippen LogP contribution in [0.2, 0.25) is 0 Å². The molecule has 1 N–H and O–H groups in total. The van der Waals surface area contributed by atoms with E-state index in [-0.39, 0.29) is 11.6 Å². The molecule has 4 aliphatic heterocycles. The van der Waals surface area contributed by atoms with Gasteiger partial charge in [0.25, 0.3) is 0 Å². The Balaban J connectivity index is 0.000000143. The number of nitrogens with one attached hydrogen (secondary N) is 1. The molecule has 4 heterocycles. The Kier molecular flexibility index (Phi) is 10.7. The lowest BCUT2D eigenvalue weighted by Gasteiger charge is -2.38. The number of rotatable bonds is 3. The maximum atomic E-state index is 5.74. The summed E-state index contributed by atoms with van der Waals surface area (Å²) in [7, 11) is 3.37. The first kappa shape index (κ1) is 28.4. The minimum absolute atomic E-state index is 0.189. The Hall–Kier alpha value is -1.63. The summed E-state index contributed by atoms with van der Waals surface area (Å²) in [5, 5.41) is 3.28. The highest BCUT2D eigenvalue weighted by Gasteiger charge is 2.40. The van der Waals surface area contributed by atoms with E-state index in [0.717, 1.165) is 89.8 Å². The number of halogens is 1. The van der Waals surface area contributed by atoms with E-state index < -0.39 is 0 Å². The van der Waals surface area contributed by atoms with Crippen molar-refractivity contribution in [1.82, 2.24) is 5.32 Å². The number of hydrogen-bond donors (Lipinski definition) is 1. The van der Waals surface area contributed by atoms with Gasteiger partial charge >= 0.3 is 0 Å². The molecule has 0 aliphatic carbocycles. The van der Waals surface area contributed by atoms with Crippen LogP contribution in [0.5, 0.6) is 11.5 Å². The van der Waals surface area contributed by atoms with Crippen molar-refractivity contribution in [2.24, 2.45) is 0 Å². The van der Waals surface area contributed by atoms with Crippen LogP contribution in [0.4, 0.5) is 5.69 Å². The van der Waals surface area contributed by atoms with Crippen LogP contribution < -0.4 is 19.7 Å². The third kappa shape index (κ3) is 8.18. The molecule has 9 heteroatoms. The zero-order valence-electron chi connectivity index (χ0n) is 21.9. The Morgan fingerprint density at radius 2 is 1.24 bits per heavy atom. The fraction of sp³-hybridized carbons (Fsp3) is 0.571. The van der Waals surface area contributed by atoms with Gasteiger partial charge in [0.2, 0.25) is 0 Å². The molecular weight excluding hydrogens is 587 g/mol. The van der Waals surface area contributed by atoms with E-state index in [4.69, 9.17) is 28.4 Å². The van der Waals surface area contributed by atoms with Gasteiger partial charge in [0.15, 0.2) is 11.6 Å². The molecule has 0 saturated carbocycles. The quantitative estimate of drug-likeness (QED) is 0.502. The van der Waals surface area contributed by atoms with Gasteiger partial charge in [-0.2, -0.15) is 0 Å². The molecule has 8 nitrogen and oxygen atoms in total. The van der Waals surface area contributed by atoms with Crippen LogP contribution in [0.25, 0.3) is 0 Å². The molecule has 204 valence electrons. The van der Waals surface area contributed by atoms with Crippen LogP contribution in [0.15, 0.2) is 48.5 Å². The second kappa shape index (κ2) is 14.0. The van der Waals surface area contributed by atoms with Gasteiger partial charge in [-0.05, 0) is 52.9 Å². The molecule has 0 amide bonds. The fourth-order valence-electron chi connectivity index (χ4n) is 4.89. The second-order valence-electron chi connectivity index (χ2n) is 9.32. The maximum absolute atomic E-state index is 5.74. The number of methoxy groups -OCH3 is 2. The van der Waals surface area contributed by atoms with Gasteiger partial charge < -0.3 is 38.6 Å². The van der Waals surface area contributed by atoms with Crippen molar-refractivity contribution < 1.29 is 28.4 Å². The lowest BCUT2D eigenvalue weighted by molar-refractivity contribution is -0.172. The molecule has 0 aromatic heterocycles. The molecule has 0 unspecified atom stereocenters. The average molecular weight is 627 g/mol. The van der Waals surface area contributed by atoms with E-state index >= 15 is 0 Å². The van der Waals surface area contributed by atoms with Crippen LogP contribution in [-0.4, -0.2) is 78.4 Å². The van der Waals surface area contributed by atoms with Crippen LogP contribution in [-0.2, 0) is 18.9 Å². The molecule has 6 rings (SSSR count). The van der Waals surface area contributed by atoms with Crippen molar-refractivity contribution in [3.05, 3.63) is 52.1 Å². The molecule has 37 heavy (non-hydrogen) atoms. The smallest absolute Gasteiger partial charge is 0.171 e. The van der Waals surface area contributed by atoms with Crippen molar-refractivity contribution in [3.8, 4) is 11.5 Å². The van der Waals surface area contributed by atoms with E-state index in [1.165, 1.54) is 9.26 Å². The van der Waals surface area contributed by atoms with Crippen molar-refractivity contribution >= 4 is 28.3 Å². The zero-order valence-corrected chi connectivity index (χ0v) is 24.0. The number of piperidine rings is 2. The first-order valence-corrected chi connectivity index (χ1v) is 14.1. The summed E-state index contributed by atoms with van der Waals surface area (Å²) in [4.78, 5) is 2.36. The Morgan fingerprint density at radius 3 is 1.76 bits per heavy atom. The van der Waals surface area contributed by atoms with Gasteiger partial charge in [-0.3, -0.25) is 0 Å². The molecular formula is C28H39IN2O6. The van der Waals surface area contributed by atoms with Crippen molar-refractivity contribution in [1.29, 1.82) is 0 Å². The molecule has 0 bridgehead atoms. The highest BCUT2D eigenvalue weighted by Crippen LogP contribution is 2.34. The van der Waals surface area contributed by atoms with Gasteiger partial charge in [0.05, 0.1) is 40.6 Å². The number of hydrogen-bond acceptors (Lipinski definition) is 8. The van der Waals surface area contributed by atoms with Gasteiger partial charge in [0, 0.05) is 67.2 Å². The third-order valence-electron chi connectivity index (χ3n) is 6.97. The summed E-state index contributed by atoms with van der Waals surface area (Å²) in [6.07, 6.45) is 3.88. The summed E-state index contributed by atoms with van der Waals surface area (Å²) in [5.74, 6) is 1.34. The number of benzene rings is 2. The van der Waals surface area contributed by atoms with Crippen LogP contribution >= 0.6 is 22.6 Å². The average Bonchev–Trinajstić information content (AvgIpc) is 3.60. The SMILES string of the molecule is C1CC2(CCN1)OCCO2.COc1cccc(I)c1.COc1cccc(N2CCC3(CC2)OCCO3)c1. The Bertz CT molecular complexity index is 947. The van der Waals surface area contributed by atoms with Gasteiger partial charge in [-0.25, -0.2) is 0 Å². The molecule has 2 aromatic carbocycles. The number of nitrogens with zero attached hydrogens (tertiary/aromatic N) is 1. The topological polar surface area (TPSA) is 70.7 Å². The van der Waals surface area contributed by atoms with E-state index in [9.17, 15) is 0 Å². The van der Waals surface area contributed by atoms with Crippen molar-refractivity contribution in [2.45, 2.75) is 37.3 Å². The molecule has 2 spiro atoms. The maximum Gasteiger partial charge on any atom is 0.171 e. The monoisotopic (exact) mass is 626 g/mol. The molecule has 0 radical (unpaired) electrons. The lowest BCUT2D eigenvalue weighted by atomic mass is 10.0. The van der Waals surface area contributed by atoms with Crippen LogP contribution in [0.1, 0.15) is 25.7 Å². The Morgan fingerprint density at radius 1 is 0.730 bits per heavy atom. The zero-order chi connectivity index (χ0) is 26.0. The first-order valence-electron chi connectivity index (χ1n) is 13.0. The second-order valence-corrected chi connectivity index (χ2v) is 10.6. The first-order chi connectivity index (χ1) is 18.1. The normalized spacial score (nSPS) is 21.5. The summed E-state index contributed by atoms with van der Waals surface area (Å²) < 4.78 is 34.0. The summed E-state index contributed by atoms with van der Waals surface area (Å²) in [6, 6.07) is 16.1. The number of ether oxygens (including phenoxy) is 6. The summed E-state index contributed by atoms with van der Waals surface area (Å²) in [5.41, 5.74) is 1.21. The van der Waals surface area contributed by atoms with Crippen LogP contribution in [0.3, 0.4) is 0 Å². The molecule has 4 saturated heterocycles. The Labute approximate surface area is 234 Å². The highest BCUT2D eigenvalue weighted by atomic mass is 127. The van der Waals surface area contributed by atoms with Gasteiger partial charge in [0.1, 0.15) is 11.5 Å². The van der Waals surface area contributed by atoms with Crippen LogP contribution in [0, 0.1) is 3.57 Å². The van der Waals surface area contributed by atoms with Gasteiger partial charge in [-0.15, -0.1) is 0 Å². The van der Waals surface area contributed by atoms with Crippen molar-refractivity contribution in [2.75, 3.05) is 71.7 Å². The minimum Gasteiger partial charge on any atom is -0.497 e. The number of anilines is 1. The molecule has 2 aromatic rings. The van der Waals surface area contributed by atoms with E-state index in [1.54, 1.807) is 14.2 Å². The minimum atomic E-state index is -0.296. The molecule has 4 aliphatic rings. The highest BCUT2D eigenvalue weighted by molar-refractivity contribution is 14.1. The van der Waals surface area contributed by atoms with E-state index in [2.05, 4.69) is 44.9 Å². The molecule has 0 atom stereocenters. The lowest BCUT2D eigenvalue weighted by Crippen LogP contribution is -2.45. The molecule has 4 fully saturated rings. The predicted octanol–water partition coefficient (Wildman–Crippen LogP) is 4.45. The van der Waals surface area contributed by atoms with E-state index in [1.807, 2.05) is 36.4 Å². The summed E-state index contributed by atoms with van der Waals surface area (Å²) >= 11 is 2.25. The van der Waals surface area contributed by atoms with Gasteiger partial charge in [-0.1, -0.05) is 12.1 Å². The van der Waals surface area contributed by atoms with E-state index in [0.29, 0.717) is 0 Å². The standard InChI is InChI=1S/C14H19NO3.C7H7IO.C7H13NO2/c1-16-13-4-2-3-12(11-13)15-7-5-14(6-8-15)17-9-10-18-14;1-9-7-4-2-3-6(8)5-7;1-3-8-4-2-7(1)9-5-6-10-7/h2-4,11H,5-10H2,1H3;2-5H,1H3;8H,1-6H2.